The molecule has 1 aliphatic carbocycles. The Hall–Kier alpha value is -1.77. The quantitative estimate of drug-likeness (QED) is 0.751. The van der Waals surface area contributed by atoms with Crippen molar-refractivity contribution in [1.82, 2.24) is 0 Å². The van der Waals surface area contributed by atoms with Gasteiger partial charge in [0, 0.05) is 0 Å². The molecule has 0 unspecified atom stereocenters. The number of anilines is 1. The average Bonchev–Trinajstić information content (AvgIpc) is 2.47. The van der Waals surface area contributed by atoms with E-state index >= 15 is 0 Å². The summed E-state index contributed by atoms with van der Waals surface area (Å²) in [6, 6.07) is 3.96. The predicted molar refractivity (Wildman–Crippen MR) is 90.7 cm³/mol. The van der Waals surface area contributed by atoms with Crippen molar-refractivity contribution in [3.8, 4) is 0 Å². The summed E-state index contributed by atoms with van der Waals surface area (Å²) in [6.07, 6.45) is -0.308. The number of hydrogen-bond acceptors (Lipinski definition) is 5. The van der Waals surface area contributed by atoms with Crippen LogP contribution in [0.5, 0.6) is 0 Å². The topological polar surface area (TPSA) is 80.0 Å². The van der Waals surface area contributed by atoms with Crippen LogP contribution in [0.25, 0.3) is 0 Å². The zero-order chi connectivity index (χ0) is 17.5. The van der Waals surface area contributed by atoms with E-state index in [0.717, 1.165) is 25.3 Å². The lowest BCUT2D eigenvalue weighted by atomic mass is 9.87. The fourth-order valence-electron chi connectivity index (χ4n) is 3.38. The maximum atomic E-state index is 13.2. The Bertz CT molecular complexity index is 708. The van der Waals surface area contributed by atoms with Crippen LogP contribution >= 0.6 is 15.9 Å². The van der Waals surface area contributed by atoms with E-state index in [2.05, 4.69) is 25.9 Å². The van der Waals surface area contributed by atoms with Crippen LogP contribution in [0.4, 0.5) is 18.9 Å². The minimum absolute atomic E-state index is 0.0597. The Kier molecular flexibility index (Phi) is 4.23. The summed E-state index contributed by atoms with van der Waals surface area (Å²) in [5.74, 6) is 0.123. The van der Waals surface area contributed by atoms with Crippen molar-refractivity contribution < 1.29 is 13.2 Å². The lowest BCUT2D eigenvalue weighted by Crippen LogP contribution is -2.58. The number of nitrogens with two attached hydrogens (primary N) is 2. The standard InChI is InChI=1S/C15H17BrF3N5/c16-11-9(15(17,18)19)5-4-6-10(11)24-13(21)22-12(20)23-14(24)7-2-1-3-8-14/h4-6H,1-3,7-8H2,(H4,20,21,22,23). The molecule has 2 aliphatic rings. The first-order valence-electron chi connectivity index (χ1n) is 7.60. The third-order valence-electron chi connectivity index (χ3n) is 4.38. The second-order valence-electron chi connectivity index (χ2n) is 5.95. The number of hydrogen-bond donors (Lipinski definition) is 2. The minimum Gasteiger partial charge on any atom is -0.369 e. The van der Waals surface area contributed by atoms with Gasteiger partial charge in [-0.15, -0.1) is 0 Å². The normalized spacial score (nSPS) is 20.8. The Morgan fingerprint density at radius 2 is 1.79 bits per heavy atom. The van der Waals surface area contributed by atoms with Crippen molar-refractivity contribution in [1.29, 1.82) is 0 Å². The largest absolute Gasteiger partial charge is 0.417 e. The Labute approximate surface area is 145 Å². The number of aliphatic imine (C=N–C) groups is 2. The molecule has 1 aliphatic heterocycles. The van der Waals surface area contributed by atoms with Crippen LogP contribution in [-0.4, -0.2) is 17.6 Å². The van der Waals surface area contributed by atoms with Crippen LogP contribution in [0.1, 0.15) is 37.7 Å². The van der Waals surface area contributed by atoms with Crippen LogP contribution < -0.4 is 16.4 Å². The van der Waals surface area contributed by atoms with Gasteiger partial charge in [0.1, 0.15) is 5.66 Å². The molecular weight excluding hydrogens is 387 g/mol. The number of nitrogens with zero attached hydrogens (tertiary/aromatic N) is 3. The van der Waals surface area contributed by atoms with E-state index in [1.807, 2.05) is 0 Å². The molecule has 1 heterocycles. The Morgan fingerprint density at radius 1 is 1.12 bits per heavy atom. The van der Waals surface area contributed by atoms with Crippen molar-refractivity contribution in [2.75, 3.05) is 4.90 Å². The van der Waals surface area contributed by atoms with Gasteiger partial charge in [0.05, 0.1) is 15.7 Å². The molecule has 1 saturated carbocycles. The van der Waals surface area contributed by atoms with Gasteiger partial charge in [-0.3, -0.25) is 4.90 Å². The van der Waals surface area contributed by atoms with Crippen molar-refractivity contribution in [2.24, 2.45) is 21.5 Å². The van der Waals surface area contributed by atoms with E-state index < -0.39 is 17.4 Å². The molecule has 0 aromatic heterocycles. The third kappa shape index (κ3) is 2.85. The van der Waals surface area contributed by atoms with Crippen LogP contribution in [-0.2, 0) is 6.18 Å². The zero-order valence-corrected chi connectivity index (χ0v) is 14.4. The van der Waals surface area contributed by atoms with Crippen LogP contribution in [0.3, 0.4) is 0 Å². The van der Waals surface area contributed by atoms with Gasteiger partial charge in [0.25, 0.3) is 0 Å². The smallest absolute Gasteiger partial charge is 0.369 e. The highest BCUT2D eigenvalue weighted by Gasteiger charge is 2.44. The van der Waals surface area contributed by atoms with Gasteiger partial charge < -0.3 is 11.5 Å². The van der Waals surface area contributed by atoms with Crippen LogP contribution in [0.15, 0.2) is 32.7 Å². The Morgan fingerprint density at radius 3 is 2.42 bits per heavy atom. The molecule has 0 atom stereocenters. The molecule has 1 aromatic carbocycles. The molecule has 1 aromatic rings. The van der Waals surface area contributed by atoms with E-state index in [4.69, 9.17) is 11.5 Å². The van der Waals surface area contributed by atoms with Gasteiger partial charge in [-0.1, -0.05) is 12.5 Å². The second kappa shape index (κ2) is 5.94. The molecule has 4 N–H and O–H groups in total. The average molecular weight is 404 g/mol. The van der Waals surface area contributed by atoms with Gasteiger partial charge >= 0.3 is 6.18 Å². The summed E-state index contributed by atoms with van der Waals surface area (Å²) in [4.78, 5) is 10.0. The maximum Gasteiger partial charge on any atom is 0.417 e. The van der Waals surface area contributed by atoms with Crippen molar-refractivity contribution in [3.05, 3.63) is 28.2 Å². The zero-order valence-electron chi connectivity index (χ0n) is 12.8. The summed E-state index contributed by atoms with van der Waals surface area (Å²) >= 11 is 3.09. The lowest BCUT2D eigenvalue weighted by molar-refractivity contribution is -0.138. The van der Waals surface area contributed by atoms with Gasteiger partial charge in [0.15, 0.2) is 0 Å². The highest BCUT2D eigenvalue weighted by atomic mass is 79.9. The van der Waals surface area contributed by atoms with Gasteiger partial charge in [-0.25, -0.2) is 4.99 Å². The van der Waals surface area contributed by atoms with Gasteiger partial charge in [-0.2, -0.15) is 18.2 Å². The molecule has 0 bridgehead atoms. The fraction of sp³-hybridized carbons (Fsp3) is 0.467. The van der Waals surface area contributed by atoms with E-state index in [1.54, 1.807) is 11.0 Å². The number of halogens is 4. The first kappa shape index (κ1) is 17.1. The number of benzene rings is 1. The molecule has 9 heteroatoms. The van der Waals surface area contributed by atoms with Crippen molar-refractivity contribution in [2.45, 2.75) is 43.9 Å². The molecule has 5 nitrogen and oxygen atoms in total. The molecule has 0 radical (unpaired) electrons. The molecular formula is C15H17BrF3N5. The summed E-state index contributed by atoms with van der Waals surface area (Å²) in [7, 11) is 0. The third-order valence-corrected chi connectivity index (χ3v) is 5.21. The summed E-state index contributed by atoms with van der Waals surface area (Å²) in [5.41, 5.74) is 10.6. The number of rotatable bonds is 1. The highest BCUT2D eigenvalue weighted by molar-refractivity contribution is 9.10. The van der Waals surface area contributed by atoms with E-state index in [1.165, 1.54) is 6.07 Å². The monoisotopic (exact) mass is 403 g/mol. The van der Waals surface area contributed by atoms with Crippen LogP contribution in [0.2, 0.25) is 0 Å². The first-order valence-corrected chi connectivity index (χ1v) is 8.39. The van der Waals surface area contributed by atoms with Crippen molar-refractivity contribution in [3.63, 3.8) is 0 Å². The highest BCUT2D eigenvalue weighted by Crippen LogP contribution is 2.45. The van der Waals surface area contributed by atoms with E-state index in [9.17, 15) is 13.2 Å². The van der Waals surface area contributed by atoms with E-state index in [0.29, 0.717) is 18.5 Å². The SMILES string of the molecule is NC1=NC2(CCCCC2)N(c2cccc(C(F)(F)F)c2Br)C(N)=N1. The summed E-state index contributed by atoms with van der Waals surface area (Å²) in [6.45, 7) is 0. The van der Waals surface area contributed by atoms with E-state index in [-0.39, 0.29) is 16.4 Å². The lowest BCUT2D eigenvalue weighted by Gasteiger charge is -2.46. The molecule has 1 fully saturated rings. The summed E-state index contributed by atoms with van der Waals surface area (Å²) < 4.78 is 39.6. The van der Waals surface area contributed by atoms with Crippen LogP contribution in [0, 0.1) is 0 Å². The summed E-state index contributed by atoms with van der Waals surface area (Å²) in [5, 5.41) is 0. The number of guanidine groups is 2. The maximum absolute atomic E-state index is 13.2. The van der Waals surface area contributed by atoms with Crippen molar-refractivity contribution >= 4 is 33.5 Å². The van der Waals surface area contributed by atoms with Gasteiger partial charge in [0.2, 0.25) is 11.9 Å². The second-order valence-corrected chi connectivity index (χ2v) is 6.75. The molecule has 0 saturated heterocycles. The van der Waals surface area contributed by atoms with Gasteiger partial charge in [-0.05, 0) is 53.7 Å². The minimum atomic E-state index is -4.47. The molecule has 130 valence electrons. The predicted octanol–water partition coefficient (Wildman–Crippen LogP) is 3.58. The molecule has 0 amide bonds. The molecule has 24 heavy (non-hydrogen) atoms. The first-order chi connectivity index (χ1) is 11.2. The fourth-order valence-corrected chi connectivity index (χ4v) is 4.05. The molecule has 1 spiro atoms. The number of alkyl halides is 3. The Balaban J connectivity index is 2.15. The molecule has 3 rings (SSSR count).